The second-order valence-corrected chi connectivity index (χ2v) is 8.56. The number of aliphatic imine (C=N–C) groups is 1. The molecule has 29 heavy (non-hydrogen) atoms. The summed E-state index contributed by atoms with van der Waals surface area (Å²) >= 11 is 11.0. The lowest BCUT2D eigenvalue weighted by Gasteiger charge is -2.15. The van der Waals surface area contributed by atoms with E-state index in [1.54, 1.807) is 23.4 Å². The minimum Gasteiger partial charge on any atom is -0.268 e. The number of allylic oxidation sites excluding steroid dienone is 1. The maximum atomic E-state index is 13.4. The summed E-state index contributed by atoms with van der Waals surface area (Å²) in [7, 11) is 0. The normalized spacial score (nSPS) is 17.1. The van der Waals surface area contributed by atoms with Crippen LogP contribution in [-0.2, 0) is 4.79 Å². The molecular formula is C22H15BrClN3OS. The number of para-hydroxylation sites is 1. The highest BCUT2D eigenvalue weighted by molar-refractivity contribution is 9.10. The topological polar surface area (TPSA) is 45.6 Å². The molecule has 0 bridgehead atoms. The van der Waals surface area contributed by atoms with E-state index in [1.807, 2.05) is 61.5 Å². The first-order valence-electron chi connectivity index (χ1n) is 8.77. The molecule has 2 aromatic carbocycles. The molecule has 7 heteroatoms. The molecule has 4 nitrogen and oxygen atoms in total. The van der Waals surface area contributed by atoms with Gasteiger partial charge in [0.05, 0.1) is 21.3 Å². The zero-order chi connectivity index (χ0) is 20.4. The average Bonchev–Trinajstić information content (AvgIpc) is 3.06. The van der Waals surface area contributed by atoms with Crippen molar-refractivity contribution in [2.75, 3.05) is 4.90 Å². The van der Waals surface area contributed by atoms with Gasteiger partial charge in [-0.05, 0) is 60.2 Å². The van der Waals surface area contributed by atoms with E-state index in [2.05, 4.69) is 25.9 Å². The third-order valence-corrected chi connectivity index (χ3v) is 6.34. The predicted octanol–water partition coefficient (Wildman–Crippen LogP) is 6.70. The van der Waals surface area contributed by atoms with E-state index < -0.39 is 0 Å². The molecule has 1 fully saturated rings. The Bertz CT molecular complexity index is 1130. The van der Waals surface area contributed by atoms with Crippen molar-refractivity contribution >= 4 is 67.3 Å². The van der Waals surface area contributed by atoms with Crippen LogP contribution in [0.5, 0.6) is 0 Å². The quantitative estimate of drug-likeness (QED) is 0.389. The number of nitrogens with zero attached hydrogens (tertiary/aromatic N) is 3. The van der Waals surface area contributed by atoms with Crippen molar-refractivity contribution in [1.82, 2.24) is 4.98 Å². The number of hydrogen-bond acceptors (Lipinski definition) is 4. The fraction of sp³-hybridized carbons (Fsp3) is 0.0455. The number of anilines is 1. The third-order valence-electron chi connectivity index (χ3n) is 4.38. The van der Waals surface area contributed by atoms with E-state index in [9.17, 15) is 4.79 Å². The van der Waals surface area contributed by atoms with Crippen LogP contribution in [0.4, 0.5) is 11.4 Å². The number of benzene rings is 2. The Morgan fingerprint density at radius 2 is 1.83 bits per heavy atom. The maximum Gasteiger partial charge on any atom is 0.271 e. The molecule has 0 atom stereocenters. The van der Waals surface area contributed by atoms with Crippen molar-refractivity contribution in [1.29, 1.82) is 0 Å². The van der Waals surface area contributed by atoms with Crippen molar-refractivity contribution < 1.29 is 4.79 Å². The summed E-state index contributed by atoms with van der Waals surface area (Å²) in [5.41, 5.74) is 3.22. The van der Waals surface area contributed by atoms with Crippen molar-refractivity contribution in [3.63, 3.8) is 0 Å². The number of amides is 1. The number of aromatic nitrogens is 1. The van der Waals surface area contributed by atoms with E-state index in [1.165, 1.54) is 11.8 Å². The Balaban J connectivity index is 1.83. The molecule has 3 aromatic rings. The van der Waals surface area contributed by atoms with E-state index in [0.717, 1.165) is 21.3 Å². The summed E-state index contributed by atoms with van der Waals surface area (Å²) in [6.45, 7) is 1.95. The molecule has 0 N–H and O–H groups in total. The number of carbonyl (C=O) groups excluding carboxylic acids is 1. The van der Waals surface area contributed by atoms with Gasteiger partial charge in [0.1, 0.15) is 0 Å². The second kappa shape index (κ2) is 8.53. The highest BCUT2D eigenvalue weighted by atomic mass is 79.9. The number of hydrogen-bond donors (Lipinski definition) is 0. The molecule has 1 amide bonds. The fourth-order valence-corrected chi connectivity index (χ4v) is 4.36. The van der Waals surface area contributed by atoms with Crippen LogP contribution in [-0.4, -0.2) is 16.1 Å². The Morgan fingerprint density at radius 1 is 1.10 bits per heavy atom. The van der Waals surface area contributed by atoms with Gasteiger partial charge >= 0.3 is 0 Å². The van der Waals surface area contributed by atoms with Crippen LogP contribution in [0.3, 0.4) is 0 Å². The van der Waals surface area contributed by atoms with Gasteiger partial charge in [-0.15, -0.1) is 0 Å². The molecule has 2 heterocycles. The summed E-state index contributed by atoms with van der Waals surface area (Å²) in [6, 6.07) is 19.1. The van der Waals surface area contributed by atoms with Crippen LogP contribution in [0.25, 0.3) is 5.57 Å². The minimum absolute atomic E-state index is 0.106. The molecule has 0 unspecified atom stereocenters. The highest BCUT2D eigenvalue weighted by Gasteiger charge is 2.36. The van der Waals surface area contributed by atoms with Gasteiger partial charge in [-0.2, -0.15) is 0 Å². The summed E-state index contributed by atoms with van der Waals surface area (Å²) in [4.78, 5) is 24.3. The Hall–Kier alpha value is -2.41. The predicted molar refractivity (Wildman–Crippen MR) is 125 cm³/mol. The van der Waals surface area contributed by atoms with Gasteiger partial charge in [0, 0.05) is 16.9 Å². The second-order valence-electron chi connectivity index (χ2n) is 6.26. The summed E-state index contributed by atoms with van der Waals surface area (Å²) in [5, 5.41) is 0.990. The number of carbonyl (C=O) groups is 1. The first-order chi connectivity index (χ1) is 14.0. The zero-order valence-corrected chi connectivity index (χ0v) is 18.5. The molecule has 1 aliphatic heterocycles. The first kappa shape index (κ1) is 19.9. The Morgan fingerprint density at radius 3 is 2.52 bits per heavy atom. The maximum absolute atomic E-state index is 13.4. The molecule has 0 aliphatic carbocycles. The van der Waals surface area contributed by atoms with Crippen molar-refractivity contribution in [3.05, 3.63) is 93.0 Å². The average molecular weight is 485 g/mol. The molecular weight excluding hydrogens is 470 g/mol. The lowest BCUT2D eigenvalue weighted by Crippen LogP contribution is -2.28. The zero-order valence-electron chi connectivity index (χ0n) is 15.3. The molecule has 4 rings (SSSR count). The van der Waals surface area contributed by atoms with Gasteiger partial charge in [0.2, 0.25) is 0 Å². The lowest BCUT2D eigenvalue weighted by atomic mass is 10.1. The molecule has 1 aliphatic rings. The lowest BCUT2D eigenvalue weighted by molar-refractivity contribution is -0.113. The Kier molecular flexibility index (Phi) is 5.85. The molecule has 0 saturated carbocycles. The number of amidine groups is 1. The third kappa shape index (κ3) is 4.15. The number of pyridine rings is 1. The summed E-state index contributed by atoms with van der Waals surface area (Å²) < 4.78 is 0.991. The van der Waals surface area contributed by atoms with Crippen LogP contribution >= 0.6 is 39.3 Å². The van der Waals surface area contributed by atoms with Crippen LogP contribution in [0, 0.1) is 0 Å². The van der Waals surface area contributed by atoms with E-state index in [4.69, 9.17) is 11.6 Å². The molecule has 1 saturated heterocycles. The van der Waals surface area contributed by atoms with Crippen molar-refractivity contribution in [3.8, 4) is 0 Å². The monoisotopic (exact) mass is 483 g/mol. The Labute approximate surface area is 186 Å². The van der Waals surface area contributed by atoms with Gasteiger partial charge < -0.3 is 0 Å². The number of thioether (sulfide) groups is 1. The van der Waals surface area contributed by atoms with Crippen molar-refractivity contribution in [2.45, 2.75) is 6.92 Å². The van der Waals surface area contributed by atoms with Gasteiger partial charge in [-0.1, -0.05) is 57.9 Å². The SMILES string of the molecule is C/C(=C1/SC(=Nc2ccncc2Cl)N(c2ccccc2)C1=O)c1ccc(Br)cc1. The van der Waals surface area contributed by atoms with Crippen LogP contribution in [0.2, 0.25) is 5.02 Å². The fourth-order valence-electron chi connectivity index (χ4n) is 2.88. The van der Waals surface area contributed by atoms with Crippen molar-refractivity contribution in [2.24, 2.45) is 4.99 Å². The first-order valence-corrected chi connectivity index (χ1v) is 10.8. The number of rotatable bonds is 3. The number of halogens is 2. The molecule has 1 aromatic heterocycles. The molecule has 0 spiro atoms. The van der Waals surface area contributed by atoms with E-state index in [-0.39, 0.29) is 5.91 Å². The standard InChI is InChI=1S/C22H15BrClN3OS/c1-14(15-7-9-16(23)10-8-15)20-21(28)27(17-5-3-2-4-6-17)22(29-20)26-19-11-12-25-13-18(19)24/h2-13H,1H3/b20-14-,26-22?. The summed E-state index contributed by atoms with van der Waals surface area (Å²) in [6.07, 6.45) is 3.17. The van der Waals surface area contributed by atoms with Gasteiger partial charge in [0.25, 0.3) is 5.91 Å². The van der Waals surface area contributed by atoms with E-state index in [0.29, 0.717) is 20.8 Å². The largest absolute Gasteiger partial charge is 0.271 e. The minimum atomic E-state index is -0.106. The molecule has 0 radical (unpaired) electrons. The van der Waals surface area contributed by atoms with E-state index >= 15 is 0 Å². The molecule has 144 valence electrons. The van der Waals surface area contributed by atoms with Crippen LogP contribution in [0.1, 0.15) is 12.5 Å². The summed E-state index contributed by atoms with van der Waals surface area (Å²) in [5.74, 6) is -0.106. The van der Waals surface area contributed by atoms with Gasteiger partial charge in [-0.3, -0.25) is 14.7 Å². The van der Waals surface area contributed by atoms with Gasteiger partial charge in [-0.25, -0.2) is 4.99 Å². The highest BCUT2D eigenvalue weighted by Crippen LogP contribution is 2.40. The smallest absolute Gasteiger partial charge is 0.268 e. The van der Waals surface area contributed by atoms with Gasteiger partial charge in [0.15, 0.2) is 5.17 Å². The van der Waals surface area contributed by atoms with Crippen LogP contribution < -0.4 is 4.90 Å². The van der Waals surface area contributed by atoms with Crippen LogP contribution in [0.15, 0.2) is 87.4 Å².